The molecule has 3 rings (SSSR count). The van der Waals surface area contributed by atoms with Gasteiger partial charge in [0.25, 0.3) is 5.91 Å². The molecular weight excluding hydrogens is 278 g/mol. The van der Waals surface area contributed by atoms with Crippen LogP contribution in [0.15, 0.2) is 30.7 Å². The number of rotatable bonds is 3. The smallest absolute Gasteiger partial charge is 0.257 e. The topological polar surface area (TPSA) is 54.3 Å². The molecule has 1 aliphatic rings. The number of carbonyl (C=O) groups is 1. The van der Waals surface area contributed by atoms with Crippen LogP contribution in [-0.2, 0) is 13.6 Å². The second-order valence-corrected chi connectivity index (χ2v) is 5.74. The minimum Gasteiger partial charge on any atom is -0.336 e. The Balaban J connectivity index is 1.56. The van der Waals surface area contributed by atoms with Gasteiger partial charge in [0.15, 0.2) is 0 Å². The predicted octanol–water partition coefficient (Wildman–Crippen LogP) is 1.08. The number of carbonyl (C=O) groups excluding carboxylic acids is 1. The van der Waals surface area contributed by atoms with Crippen LogP contribution in [0.5, 0.6) is 0 Å². The van der Waals surface area contributed by atoms with Gasteiger partial charge in [0, 0.05) is 52.2 Å². The molecule has 0 saturated carbocycles. The van der Waals surface area contributed by atoms with Gasteiger partial charge in [-0.25, -0.2) is 0 Å². The summed E-state index contributed by atoms with van der Waals surface area (Å²) in [4.78, 5) is 21.1. The molecule has 1 fully saturated rings. The van der Waals surface area contributed by atoms with Gasteiger partial charge in [-0.1, -0.05) is 6.07 Å². The van der Waals surface area contributed by atoms with Crippen molar-refractivity contribution in [3.63, 3.8) is 0 Å². The summed E-state index contributed by atoms with van der Waals surface area (Å²) in [5, 5.41) is 4.06. The van der Waals surface area contributed by atoms with E-state index in [0.717, 1.165) is 38.4 Å². The van der Waals surface area contributed by atoms with Crippen LogP contribution >= 0.6 is 0 Å². The van der Waals surface area contributed by atoms with Crippen LogP contribution in [0.4, 0.5) is 0 Å². The van der Waals surface area contributed by atoms with Crippen molar-refractivity contribution in [2.45, 2.75) is 13.5 Å². The maximum absolute atomic E-state index is 12.4. The summed E-state index contributed by atoms with van der Waals surface area (Å²) in [5.41, 5.74) is 3.00. The molecule has 22 heavy (non-hydrogen) atoms. The summed E-state index contributed by atoms with van der Waals surface area (Å²) < 4.78 is 1.66. The summed E-state index contributed by atoms with van der Waals surface area (Å²) in [6, 6.07) is 4.05. The molecule has 1 amide bonds. The molecule has 116 valence electrons. The van der Waals surface area contributed by atoms with Crippen molar-refractivity contribution >= 4 is 5.91 Å². The van der Waals surface area contributed by atoms with E-state index in [1.165, 1.54) is 5.56 Å². The average Bonchev–Trinajstić information content (AvgIpc) is 2.96. The zero-order valence-electron chi connectivity index (χ0n) is 13.1. The molecule has 2 aromatic heterocycles. The first-order chi connectivity index (χ1) is 10.6. The first-order valence-corrected chi connectivity index (χ1v) is 7.54. The van der Waals surface area contributed by atoms with Crippen LogP contribution in [0, 0.1) is 6.92 Å². The van der Waals surface area contributed by atoms with E-state index >= 15 is 0 Å². The molecule has 0 aliphatic carbocycles. The van der Waals surface area contributed by atoms with E-state index in [1.54, 1.807) is 17.1 Å². The fourth-order valence-electron chi connectivity index (χ4n) is 2.72. The molecule has 0 N–H and O–H groups in total. The third-order valence-corrected chi connectivity index (χ3v) is 4.10. The average molecular weight is 299 g/mol. The maximum atomic E-state index is 12.4. The largest absolute Gasteiger partial charge is 0.336 e. The number of aromatic nitrogens is 3. The zero-order valence-corrected chi connectivity index (χ0v) is 13.1. The van der Waals surface area contributed by atoms with Crippen molar-refractivity contribution in [2.75, 3.05) is 26.2 Å². The fraction of sp³-hybridized carbons (Fsp3) is 0.438. The standard InChI is InChI=1S/C16H21N5O/c1-13-4-3-5-17-15(13)12-20-6-8-21(9-7-20)16(22)14-10-18-19(2)11-14/h3-5,10-11H,6-9,12H2,1-2H3. The van der Waals surface area contributed by atoms with Gasteiger partial charge in [0.2, 0.25) is 0 Å². The van der Waals surface area contributed by atoms with Gasteiger partial charge in [0.1, 0.15) is 0 Å². The minimum absolute atomic E-state index is 0.0711. The molecule has 0 spiro atoms. The van der Waals surface area contributed by atoms with Crippen molar-refractivity contribution in [1.29, 1.82) is 0 Å². The highest BCUT2D eigenvalue weighted by Crippen LogP contribution is 2.12. The first kappa shape index (κ1) is 14.7. The van der Waals surface area contributed by atoms with E-state index in [9.17, 15) is 4.79 Å². The Hall–Kier alpha value is -2.21. The highest BCUT2D eigenvalue weighted by Gasteiger charge is 2.23. The third kappa shape index (κ3) is 3.17. The number of pyridine rings is 1. The van der Waals surface area contributed by atoms with E-state index < -0.39 is 0 Å². The van der Waals surface area contributed by atoms with Gasteiger partial charge in [-0.2, -0.15) is 5.10 Å². The summed E-state index contributed by atoms with van der Waals surface area (Å²) in [7, 11) is 1.82. The lowest BCUT2D eigenvalue weighted by Crippen LogP contribution is -2.48. The molecule has 1 saturated heterocycles. The Morgan fingerprint density at radius 2 is 2.05 bits per heavy atom. The molecule has 0 atom stereocenters. The molecule has 2 aromatic rings. The Morgan fingerprint density at radius 3 is 2.68 bits per heavy atom. The molecule has 0 radical (unpaired) electrons. The van der Waals surface area contributed by atoms with Crippen molar-refractivity contribution in [3.8, 4) is 0 Å². The Kier molecular flexibility index (Phi) is 4.20. The van der Waals surface area contributed by atoms with Crippen LogP contribution < -0.4 is 0 Å². The number of nitrogens with zero attached hydrogens (tertiary/aromatic N) is 5. The van der Waals surface area contributed by atoms with Gasteiger partial charge < -0.3 is 4.90 Å². The van der Waals surface area contributed by atoms with Gasteiger partial charge in [-0.05, 0) is 18.6 Å². The van der Waals surface area contributed by atoms with Crippen molar-refractivity contribution in [3.05, 3.63) is 47.5 Å². The number of hydrogen-bond donors (Lipinski definition) is 0. The molecule has 0 bridgehead atoms. The Bertz CT molecular complexity index is 658. The van der Waals surface area contributed by atoms with Crippen molar-refractivity contribution in [2.24, 2.45) is 7.05 Å². The molecule has 3 heterocycles. The van der Waals surface area contributed by atoms with Gasteiger partial charge in [-0.15, -0.1) is 0 Å². The van der Waals surface area contributed by atoms with Crippen LogP contribution in [0.2, 0.25) is 0 Å². The highest BCUT2D eigenvalue weighted by atomic mass is 16.2. The SMILES string of the molecule is Cc1cccnc1CN1CCN(C(=O)c2cnn(C)c2)CC1. The fourth-order valence-corrected chi connectivity index (χ4v) is 2.72. The van der Waals surface area contributed by atoms with Crippen molar-refractivity contribution < 1.29 is 4.79 Å². The first-order valence-electron chi connectivity index (χ1n) is 7.54. The van der Waals surface area contributed by atoms with Crippen molar-refractivity contribution in [1.82, 2.24) is 24.6 Å². The number of aryl methyl sites for hydroxylation is 2. The number of hydrogen-bond acceptors (Lipinski definition) is 4. The summed E-state index contributed by atoms with van der Waals surface area (Å²) in [6.45, 7) is 6.19. The monoisotopic (exact) mass is 299 g/mol. The summed E-state index contributed by atoms with van der Waals surface area (Å²) in [5.74, 6) is 0.0711. The second-order valence-electron chi connectivity index (χ2n) is 5.74. The van der Waals surface area contributed by atoms with E-state index in [-0.39, 0.29) is 5.91 Å². The molecule has 6 nitrogen and oxygen atoms in total. The molecule has 0 aromatic carbocycles. The van der Waals surface area contributed by atoms with Gasteiger partial charge in [-0.3, -0.25) is 19.4 Å². The number of amides is 1. The quantitative estimate of drug-likeness (QED) is 0.851. The Morgan fingerprint density at radius 1 is 1.27 bits per heavy atom. The molecular formula is C16H21N5O. The molecule has 1 aliphatic heterocycles. The number of piperazine rings is 1. The Labute approximate surface area is 130 Å². The van der Waals surface area contributed by atoms with Crippen LogP contribution in [0.25, 0.3) is 0 Å². The minimum atomic E-state index is 0.0711. The highest BCUT2D eigenvalue weighted by molar-refractivity contribution is 5.93. The van der Waals surface area contributed by atoms with E-state index in [0.29, 0.717) is 5.56 Å². The van der Waals surface area contributed by atoms with E-state index in [1.807, 2.05) is 24.2 Å². The van der Waals surface area contributed by atoms with Crippen LogP contribution in [0.1, 0.15) is 21.6 Å². The predicted molar refractivity (Wildman–Crippen MR) is 83.4 cm³/mol. The van der Waals surface area contributed by atoms with Gasteiger partial charge >= 0.3 is 0 Å². The lowest BCUT2D eigenvalue weighted by molar-refractivity contribution is 0.0626. The normalized spacial score (nSPS) is 16.0. The molecule has 0 unspecified atom stereocenters. The maximum Gasteiger partial charge on any atom is 0.257 e. The lowest BCUT2D eigenvalue weighted by atomic mass is 10.2. The summed E-state index contributed by atoms with van der Waals surface area (Å²) in [6.07, 6.45) is 5.24. The van der Waals surface area contributed by atoms with E-state index in [2.05, 4.69) is 28.0 Å². The van der Waals surface area contributed by atoms with Crippen LogP contribution in [0.3, 0.4) is 0 Å². The third-order valence-electron chi connectivity index (χ3n) is 4.10. The zero-order chi connectivity index (χ0) is 15.5. The molecule has 6 heteroatoms. The summed E-state index contributed by atoms with van der Waals surface area (Å²) >= 11 is 0. The van der Waals surface area contributed by atoms with Crippen LogP contribution in [-0.4, -0.2) is 56.7 Å². The second kappa shape index (κ2) is 6.27. The van der Waals surface area contributed by atoms with E-state index in [4.69, 9.17) is 0 Å². The van der Waals surface area contributed by atoms with Gasteiger partial charge in [0.05, 0.1) is 17.5 Å². The lowest BCUT2D eigenvalue weighted by Gasteiger charge is -2.34.